The first-order valence-electron chi connectivity index (χ1n) is 9.97. The lowest BCUT2D eigenvalue weighted by Gasteiger charge is -2.09. The minimum absolute atomic E-state index is 0.654. The highest BCUT2D eigenvalue weighted by Crippen LogP contribution is 2.30. The van der Waals surface area contributed by atoms with E-state index in [1.807, 2.05) is 60.7 Å². The quantitative estimate of drug-likeness (QED) is 0.309. The minimum Gasteiger partial charge on any atom is -0.217 e. The second kappa shape index (κ2) is 8.50. The van der Waals surface area contributed by atoms with Gasteiger partial charge in [-0.05, 0) is 46.5 Å². The van der Waals surface area contributed by atoms with Crippen LogP contribution in [0.5, 0.6) is 0 Å². The van der Waals surface area contributed by atoms with Crippen LogP contribution in [0.15, 0.2) is 109 Å². The van der Waals surface area contributed by atoms with Crippen molar-refractivity contribution in [3.05, 3.63) is 114 Å². The van der Waals surface area contributed by atoms with E-state index in [1.54, 1.807) is 6.33 Å². The Hall–Kier alpha value is -3.82. The third-order valence-corrected chi connectivity index (χ3v) is 5.31. The summed E-state index contributed by atoms with van der Waals surface area (Å²) in [7, 11) is 0. The molecular formula is C27H18ClN3. The molecule has 0 unspecified atom stereocenters. The zero-order chi connectivity index (χ0) is 21.0. The second-order valence-corrected chi connectivity index (χ2v) is 7.61. The largest absolute Gasteiger partial charge is 0.217 e. The van der Waals surface area contributed by atoms with Crippen molar-refractivity contribution in [2.24, 2.45) is 0 Å². The molecule has 0 aliphatic carbocycles. The van der Waals surface area contributed by atoms with E-state index in [9.17, 15) is 0 Å². The third kappa shape index (κ3) is 4.23. The van der Waals surface area contributed by atoms with Gasteiger partial charge in [-0.1, -0.05) is 90.5 Å². The van der Waals surface area contributed by atoms with Crippen molar-refractivity contribution in [1.82, 2.24) is 15.0 Å². The Morgan fingerprint density at radius 3 is 1.58 bits per heavy atom. The summed E-state index contributed by atoms with van der Waals surface area (Å²) >= 11 is 6.18. The van der Waals surface area contributed by atoms with Crippen molar-refractivity contribution in [2.45, 2.75) is 0 Å². The molecule has 0 atom stereocenters. The Morgan fingerprint density at radius 1 is 0.452 bits per heavy atom. The Balaban J connectivity index is 1.51. The smallest absolute Gasteiger partial charge is 0.163 e. The first kappa shape index (κ1) is 19.2. The van der Waals surface area contributed by atoms with Crippen molar-refractivity contribution >= 4 is 11.6 Å². The normalized spacial score (nSPS) is 10.7. The van der Waals surface area contributed by atoms with Crippen LogP contribution in [0.25, 0.3) is 45.0 Å². The van der Waals surface area contributed by atoms with E-state index in [4.69, 9.17) is 11.6 Å². The average Bonchev–Trinajstić information content (AvgIpc) is 2.85. The molecule has 3 nitrogen and oxygen atoms in total. The molecule has 1 aromatic heterocycles. The molecule has 0 N–H and O–H groups in total. The van der Waals surface area contributed by atoms with Crippen molar-refractivity contribution in [1.29, 1.82) is 0 Å². The van der Waals surface area contributed by atoms with Crippen LogP contribution in [0.3, 0.4) is 0 Å². The van der Waals surface area contributed by atoms with Crippen molar-refractivity contribution in [3.63, 3.8) is 0 Å². The summed E-state index contributed by atoms with van der Waals surface area (Å²) in [4.78, 5) is 13.4. The van der Waals surface area contributed by atoms with Gasteiger partial charge in [0, 0.05) is 16.1 Å². The van der Waals surface area contributed by atoms with E-state index < -0.39 is 0 Å². The van der Waals surface area contributed by atoms with Gasteiger partial charge in [0.2, 0.25) is 0 Å². The monoisotopic (exact) mass is 419 g/mol. The number of nitrogens with zero attached hydrogens (tertiary/aromatic N) is 3. The highest BCUT2D eigenvalue weighted by atomic mass is 35.5. The fourth-order valence-corrected chi connectivity index (χ4v) is 3.74. The van der Waals surface area contributed by atoms with Crippen LogP contribution < -0.4 is 0 Å². The Labute approximate surface area is 186 Å². The molecule has 5 aromatic rings. The molecule has 0 radical (unpaired) electrons. The highest BCUT2D eigenvalue weighted by Gasteiger charge is 2.08. The summed E-state index contributed by atoms with van der Waals surface area (Å²) in [5, 5.41) is 0.731. The van der Waals surface area contributed by atoms with Gasteiger partial charge < -0.3 is 0 Å². The average molecular weight is 420 g/mol. The minimum atomic E-state index is 0.654. The predicted molar refractivity (Wildman–Crippen MR) is 127 cm³/mol. The van der Waals surface area contributed by atoms with Gasteiger partial charge in [0.15, 0.2) is 11.6 Å². The number of halogens is 1. The maximum absolute atomic E-state index is 6.18. The Kier molecular flexibility index (Phi) is 5.26. The first-order chi connectivity index (χ1) is 15.3. The maximum Gasteiger partial charge on any atom is 0.163 e. The van der Waals surface area contributed by atoms with Crippen LogP contribution >= 0.6 is 11.6 Å². The molecule has 0 amide bonds. The molecule has 1 heterocycles. The highest BCUT2D eigenvalue weighted by molar-refractivity contribution is 6.30. The van der Waals surface area contributed by atoms with E-state index in [0.717, 1.165) is 38.4 Å². The number of hydrogen-bond acceptors (Lipinski definition) is 3. The lowest BCUT2D eigenvalue weighted by molar-refractivity contribution is 1.07. The van der Waals surface area contributed by atoms with Crippen LogP contribution in [0.1, 0.15) is 0 Å². The molecule has 31 heavy (non-hydrogen) atoms. The fourth-order valence-electron chi connectivity index (χ4n) is 3.55. The van der Waals surface area contributed by atoms with Gasteiger partial charge >= 0.3 is 0 Å². The molecule has 0 aliphatic heterocycles. The molecule has 148 valence electrons. The summed E-state index contributed by atoms with van der Waals surface area (Å²) in [5.41, 5.74) is 6.36. The lowest BCUT2D eigenvalue weighted by atomic mass is 9.98. The molecule has 4 heteroatoms. The van der Waals surface area contributed by atoms with Crippen LogP contribution in [0.2, 0.25) is 5.02 Å². The van der Waals surface area contributed by atoms with Crippen LogP contribution in [0.4, 0.5) is 0 Å². The molecular weight excluding hydrogens is 402 g/mol. The van der Waals surface area contributed by atoms with Crippen molar-refractivity contribution in [3.8, 4) is 45.0 Å². The van der Waals surface area contributed by atoms with Crippen molar-refractivity contribution < 1.29 is 0 Å². The van der Waals surface area contributed by atoms with E-state index in [0.29, 0.717) is 11.6 Å². The molecule has 4 aromatic carbocycles. The fraction of sp³-hybridized carbons (Fsp3) is 0. The zero-order valence-corrected chi connectivity index (χ0v) is 17.4. The number of hydrogen-bond donors (Lipinski definition) is 0. The second-order valence-electron chi connectivity index (χ2n) is 7.17. The summed E-state index contributed by atoms with van der Waals surface area (Å²) < 4.78 is 0. The number of benzene rings is 4. The summed E-state index contributed by atoms with van der Waals surface area (Å²) in [6.45, 7) is 0. The number of rotatable bonds is 4. The maximum atomic E-state index is 6.18. The SMILES string of the molecule is Clc1cccc(-c2cccc(-c3cccc(-c4ncnc(-c5ccccc5)n4)c3)c2)c1. The predicted octanol–water partition coefficient (Wildman–Crippen LogP) is 7.19. The van der Waals surface area contributed by atoms with Gasteiger partial charge in [0.25, 0.3) is 0 Å². The topological polar surface area (TPSA) is 38.7 Å². The molecule has 0 saturated carbocycles. The zero-order valence-electron chi connectivity index (χ0n) is 16.6. The Bertz CT molecular complexity index is 1350. The van der Waals surface area contributed by atoms with Gasteiger partial charge in [-0.15, -0.1) is 0 Å². The third-order valence-electron chi connectivity index (χ3n) is 5.08. The van der Waals surface area contributed by atoms with E-state index >= 15 is 0 Å². The van der Waals surface area contributed by atoms with Gasteiger partial charge in [0.05, 0.1) is 0 Å². The Morgan fingerprint density at radius 2 is 0.935 bits per heavy atom. The van der Waals surface area contributed by atoms with Gasteiger partial charge in [-0.2, -0.15) is 0 Å². The lowest BCUT2D eigenvalue weighted by Crippen LogP contribution is -1.95. The van der Waals surface area contributed by atoms with Gasteiger partial charge in [-0.3, -0.25) is 0 Å². The van der Waals surface area contributed by atoms with Crippen LogP contribution in [-0.4, -0.2) is 15.0 Å². The molecule has 0 spiro atoms. The van der Waals surface area contributed by atoms with Crippen LogP contribution in [0, 0.1) is 0 Å². The molecule has 5 rings (SSSR count). The van der Waals surface area contributed by atoms with E-state index in [1.165, 1.54) is 0 Å². The van der Waals surface area contributed by atoms with E-state index in [-0.39, 0.29) is 0 Å². The molecule has 0 saturated heterocycles. The molecule has 0 bridgehead atoms. The van der Waals surface area contributed by atoms with Gasteiger partial charge in [0.1, 0.15) is 6.33 Å². The van der Waals surface area contributed by atoms with Crippen molar-refractivity contribution in [2.75, 3.05) is 0 Å². The van der Waals surface area contributed by atoms with Crippen LogP contribution in [-0.2, 0) is 0 Å². The van der Waals surface area contributed by atoms with Gasteiger partial charge in [-0.25, -0.2) is 15.0 Å². The number of aromatic nitrogens is 3. The molecule has 0 fully saturated rings. The first-order valence-corrected chi connectivity index (χ1v) is 10.4. The summed E-state index contributed by atoms with van der Waals surface area (Å²) in [6.07, 6.45) is 1.57. The molecule has 0 aliphatic rings. The van der Waals surface area contributed by atoms with E-state index in [2.05, 4.69) is 57.4 Å². The summed E-state index contributed by atoms with van der Waals surface area (Å²) in [5.74, 6) is 1.32. The standard InChI is InChI=1S/C27H18ClN3/c28-25-14-6-12-23(17-25)21-10-4-9-20(15-21)22-11-5-13-24(16-22)27-30-18-29-26(31-27)19-7-2-1-3-8-19/h1-18H. The summed E-state index contributed by atoms with van der Waals surface area (Å²) in [6, 6.07) is 34.5.